The van der Waals surface area contributed by atoms with E-state index in [-0.39, 0.29) is 22.8 Å². The number of carbonyl (C=O) groups excluding carboxylic acids is 1. The Balaban J connectivity index is 1.75. The molecule has 5 nitrogen and oxygen atoms in total. The molecule has 1 aromatic heterocycles. The highest BCUT2D eigenvalue weighted by Crippen LogP contribution is 2.26. The average molecular weight is 388 g/mol. The van der Waals surface area contributed by atoms with Gasteiger partial charge in [0.1, 0.15) is 0 Å². The Kier molecular flexibility index (Phi) is 6.58. The molecular formula is C21H29N3O2S. The molecule has 2 aromatic rings. The van der Waals surface area contributed by atoms with Gasteiger partial charge in [-0.05, 0) is 51.7 Å². The molecule has 1 heterocycles. The highest BCUT2D eigenvalue weighted by Gasteiger charge is 2.21. The van der Waals surface area contributed by atoms with Crippen molar-refractivity contribution >= 4 is 28.6 Å². The SMILES string of the molecule is CC(C)n1c(S[C@@H](C)C(=O)NCC2CCCCC2)nc2ccccc2c1=O. The van der Waals surface area contributed by atoms with E-state index in [1.54, 1.807) is 10.6 Å². The second-order valence-electron chi connectivity index (χ2n) is 7.69. The molecule has 1 aliphatic rings. The van der Waals surface area contributed by atoms with Gasteiger partial charge in [0.05, 0.1) is 16.2 Å². The van der Waals surface area contributed by atoms with Gasteiger partial charge < -0.3 is 5.32 Å². The normalized spacial score (nSPS) is 16.6. The fourth-order valence-electron chi connectivity index (χ4n) is 3.66. The standard InChI is InChI=1S/C21H29N3O2S/c1-14(2)24-20(26)17-11-7-8-12-18(17)23-21(24)27-15(3)19(25)22-13-16-9-5-4-6-10-16/h7-8,11-12,14-16H,4-6,9-10,13H2,1-3H3,(H,22,25)/t15-/m0/s1. The van der Waals surface area contributed by atoms with E-state index in [4.69, 9.17) is 0 Å². The summed E-state index contributed by atoms with van der Waals surface area (Å²) in [5, 5.41) is 4.02. The maximum absolute atomic E-state index is 12.9. The molecule has 0 unspecified atom stereocenters. The highest BCUT2D eigenvalue weighted by molar-refractivity contribution is 8.00. The Morgan fingerprint density at radius 3 is 2.63 bits per heavy atom. The van der Waals surface area contributed by atoms with Gasteiger partial charge in [-0.1, -0.05) is 43.2 Å². The van der Waals surface area contributed by atoms with Crippen LogP contribution in [0.15, 0.2) is 34.2 Å². The summed E-state index contributed by atoms with van der Waals surface area (Å²) in [7, 11) is 0. The van der Waals surface area contributed by atoms with Gasteiger partial charge in [-0.25, -0.2) is 4.98 Å². The lowest BCUT2D eigenvalue weighted by molar-refractivity contribution is -0.120. The minimum absolute atomic E-state index is 0.0169. The molecule has 0 bridgehead atoms. The molecule has 6 heteroatoms. The van der Waals surface area contributed by atoms with Gasteiger partial charge in [0.25, 0.3) is 5.56 Å². The first kappa shape index (κ1) is 19.9. The number of nitrogens with zero attached hydrogens (tertiary/aromatic N) is 2. The number of amides is 1. The van der Waals surface area contributed by atoms with E-state index < -0.39 is 0 Å². The molecular weight excluding hydrogens is 358 g/mol. The van der Waals surface area contributed by atoms with Gasteiger partial charge in [0.2, 0.25) is 5.91 Å². The van der Waals surface area contributed by atoms with Crippen molar-refractivity contribution in [3.63, 3.8) is 0 Å². The van der Waals surface area contributed by atoms with Crippen LogP contribution in [-0.2, 0) is 4.79 Å². The van der Waals surface area contributed by atoms with E-state index in [0.717, 1.165) is 6.54 Å². The predicted octanol–water partition coefficient (Wildman–Crippen LogP) is 4.15. The van der Waals surface area contributed by atoms with E-state index in [9.17, 15) is 9.59 Å². The van der Waals surface area contributed by atoms with Crippen molar-refractivity contribution in [2.45, 2.75) is 69.3 Å². The van der Waals surface area contributed by atoms with Crippen LogP contribution in [-0.4, -0.2) is 27.3 Å². The van der Waals surface area contributed by atoms with Crippen LogP contribution in [0.1, 0.15) is 58.9 Å². The summed E-state index contributed by atoms with van der Waals surface area (Å²) in [5.74, 6) is 0.621. The Morgan fingerprint density at radius 1 is 1.22 bits per heavy atom. The van der Waals surface area contributed by atoms with Crippen LogP contribution in [0.3, 0.4) is 0 Å². The minimum atomic E-state index is -0.299. The average Bonchev–Trinajstić information content (AvgIpc) is 2.66. The smallest absolute Gasteiger partial charge is 0.262 e. The first-order valence-electron chi connectivity index (χ1n) is 9.93. The van der Waals surface area contributed by atoms with E-state index >= 15 is 0 Å². The van der Waals surface area contributed by atoms with Crippen LogP contribution in [0.4, 0.5) is 0 Å². The molecule has 0 aliphatic heterocycles. The number of aromatic nitrogens is 2. The number of para-hydroxylation sites is 1. The summed E-state index contributed by atoms with van der Waals surface area (Å²) >= 11 is 1.36. The summed E-state index contributed by atoms with van der Waals surface area (Å²) in [5.41, 5.74) is 0.629. The number of rotatable bonds is 6. The summed E-state index contributed by atoms with van der Waals surface area (Å²) in [6.07, 6.45) is 6.28. The number of nitrogens with one attached hydrogen (secondary N) is 1. The van der Waals surface area contributed by atoms with Gasteiger partial charge in [-0.2, -0.15) is 0 Å². The molecule has 0 saturated heterocycles. The van der Waals surface area contributed by atoms with Crippen LogP contribution in [0.25, 0.3) is 10.9 Å². The molecule has 1 aromatic carbocycles. The summed E-state index contributed by atoms with van der Waals surface area (Å²) in [6, 6.07) is 7.36. The number of hydrogen-bond donors (Lipinski definition) is 1. The van der Waals surface area contributed by atoms with E-state index in [1.165, 1.54) is 43.9 Å². The van der Waals surface area contributed by atoms with Crippen molar-refractivity contribution in [2.75, 3.05) is 6.54 Å². The zero-order valence-electron chi connectivity index (χ0n) is 16.4. The van der Waals surface area contributed by atoms with Crippen LogP contribution in [0, 0.1) is 5.92 Å². The van der Waals surface area contributed by atoms with Gasteiger partial charge in [0, 0.05) is 12.6 Å². The predicted molar refractivity (Wildman–Crippen MR) is 111 cm³/mol. The molecule has 0 radical (unpaired) electrons. The van der Waals surface area contributed by atoms with Crippen molar-refractivity contribution in [1.82, 2.24) is 14.9 Å². The van der Waals surface area contributed by atoms with Gasteiger partial charge >= 0.3 is 0 Å². The van der Waals surface area contributed by atoms with Crippen molar-refractivity contribution in [2.24, 2.45) is 5.92 Å². The van der Waals surface area contributed by atoms with Gasteiger partial charge in [-0.15, -0.1) is 0 Å². The van der Waals surface area contributed by atoms with Gasteiger partial charge in [0.15, 0.2) is 5.16 Å². The summed E-state index contributed by atoms with van der Waals surface area (Å²) in [4.78, 5) is 30.1. The Bertz CT molecular complexity index is 856. The third kappa shape index (κ3) is 4.72. The van der Waals surface area contributed by atoms with Crippen molar-refractivity contribution in [3.05, 3.63) is 34.6 Å². The van der Waals surface area contributed by atoms with Crippen LogP contribution < -0.4 is 10.9 Å². The lowest BCUT2D eigenvalue weighted by atomic mass is 9.89. The van der Waals surface area contributed by atoms with E-state index in [0.29, 0.717) is 22.0 Å². The molecule has 1 aliphatic carbocycles. The molecule has 1 N–H and O–H groups in total. The lowest BCUT2D eigenvalue weighted by Gasteiger charge is -2.23. The number of thioether (sulfide) groups is 1. The number of benzene rings is 1. The zero-order valence-corrected chi connectivity index (χ0v) is 17.2. The molecule has 146 valence electrons. The van der Waals surface area contributed by atoms with Crippen molar-refractivity contribution in [1.29, 1.82) is 0 Å². The van der Waals surface area contributed by atoms with Crippen LogP contribution in [0.5, 0.6) is 0 Å². The Hall–Kier alpha value is -1.82. The fraction of sp³-hybridized carbons (Fsp3) is 0.571. The topological polar surface area (TPSA) is 64.0 Å². The minimum Gasteiger partial charge on any atom is -0.355 e. The Labute approximate surface area is 164 Å². The quantitative estimate of drug-likeness (QED) is 0.597. The largest absolute Gasteiger partial charge is 0.355 e. The Morgan fingerprint density at radius 2 is 1.93 bits per heavy atom. The van der Waals surface area contributed by atoms with E-state index in [1.807, 2.05) is 39.0 Å². The molecule has 3 rings (SSSR count). The summed E-state index contributed by atoms with van der Waals surface area (Å²) in [6.45, 7) is 6.57. The van der Waals surface area contributed by atoms with Crippen molar-refractivity contribution < 1.29 is 4.79 Å². The molecule has 1 saturated carbocycles. The monoisotopic (exact) mass is 387 g/mol. The lowest BCUT2D eigenvalue weighted by Crippen LogP contribution is -2.36. The van der Waals surface area contributed by atoms with Gasteiger partial charge in [-0.3, -0.25) is 14.2 Å². The van der Waals surface area contributed by atoms with Crippen LogP contribution >= 0.6 is 11.8 Å². The maximum atomic E-state index is 12.9. The molecule has 27 heavy (non-hydrogen) atoms. The fourth-order valence-corrected chi connectivity index (χ4v) is 4.72. The zero-order chi connectivity index (χ0) is 19.4. The first-order valence-corrected chi connectivity index (χ1v) is 10.8. The van der Waals surface area contributed by atoms with E-state index in [2.05, 4.69) is 10.3 Å². The number of carbonyl (C=O) groups is 1. The highest BCUT2D eigenvalue weighted by atomic mass is 32.2. The first-order chi connectivity index (χ1) is 13.0. The van der Waals surface area contributed by atoms with Crippen molar-refractivity contribution in [3.8, 4) is 0 Å². The molecule has 0 spiro atoms. The summed E-state index contributed by atoms with van der Waals surface area (Å²) < 4.78 is 1.69. The number of hydrogen-bond acceptors (Lipinski definition) is 4. The molecule has 1 fully saturated rings. The molecule has 1 amide bonds. The second kappa shape index (κ2) is 8.91. The third-order valence-electron chi connectivity index (χ3n) is 5.23. The third-order valence-corrected chi connectivity index (χ3v) is 6.30. The molecule has 1 atom stereocenters. The maximum Gasteiger partial charge on any atom is 0.262 e. The number of fused-ring (bicyclic) bond motifs is 1. The van der Waals surface area contributed by atoms with Crippen LogP contribution in [0.2, 0.25) is 0 Å². The second-order valence-corrected chi connectivity index (χ2v) is 9.00.